The average Bonchev–Trinajstić information content (AvgIpc) is 3.29. The van der Waals surface area contributed by atoms with Crippen molar-refractivity contribution in [1.82, 2.24) is 26.6 Å². The molecule has 0 aliphatic carbocycles. The summed E-state index contributed by atoms with van der Waals surface area (Å²) >= 11 is 0. The number of primary amides is 1. The Balaban J connectivity index is 2.37. The molecule has 0 saturated carbocycles. The Kier molecular flexibility index (Phi) is 24.4. The van der Waals surface area contributed by atoms with Gasteiger partial charge in [-0.05, 0) is 93.0 Å². The smallest absolute Gasteiger partial charge is 0.326 e. The third-order valence-electron chi connectivity index (χ3n) is 10.3. The molecule has 0 fully saturated rings. The second-order valence-corrected chi connectivity index (χ2v) is 16.1. The summed E-state index contributed by atoms with van der Waals surface area (Å²) in [6.07, 6.45) is 0.0225. The number of hydrogen-bond donors (Lipinski definition) is 13. The fraction of sp³-hybridized carbons (Fsp3) is 0.488. The summed E-state index contributed by atoms with van der Waals surface area (Å²) in [5.74, 6) is -7.77. The van der Waals surface area contributed by atoms with Crippen molar-refractivity contribution >= 4 is 76.4 Å². The quantitative estimate of drug-likeness (QED) is 0.0181. The van der Waals surface area contributed by atoms with Crippen molar-refractivity contribution < 1.29 is 38.7 Å². The van der Waals surface area contributed by atoms with E-state index >= 15 is 0 Å². The number of aliphatic imine (C=N–C) groups is 3. The van der Waals surface area contributed by atoms with Gasteiger partial charge in [0.1, 0.15) is 30.2 Å². The Morgan fingerprint density at radius 2 is 0.971 bits per heavy atom. The van der Waals surface area contributed by atoms with Crippen LogP contribution < -0.4 is 71.6 Å². The zero-order valence-corrected chi connectivity index (χ0v) is 39.4. The Labute approximate surface area is 400 Å². The van der Waals surface area contributed by atoms with Crippen LogP contribution in [0.4, 0.5) is 17.1 Å². The number of azo groups is 1. The van der Waals surface area contributed by atoms with Gasteiger partial charge in [0.05, 0.1) is 17.8 Å². The number of aliphatic carboxylic acids is 1. The third-order valence-corrected chi connectivity index (χ3v) is 10.3. The van der Waals surface area contributed by atoms with E-state index in [0.717, 1.165) is 5.69 Å². The number of nitrogens with one attached hydrogen (secondary N) is 5. The van der Waals surface area contributed by atoms with Crippen molar-refractivity contribution in [3.63, 3.8) is 0 Å². The fourth-order valence-electron chi connectivity index (χ4n) is 6.33. The monoisotopic (exact) mass is 965 g/mol. The number of carboxylic acid groups (broad SMARTS) is 1. The van der Waals surface area contributed by atoms with E-state index in [-0.39, 0.29) is 81.6 Å². The van der Waals surface area contributed by atoms with E-state index in [9.17, 15) is 38.7 Å². The van der Waals surface area contributed by atoms with Crippen LogP contribution in [0.5, 0.6) is 0 Å². The second kappa shape index (κ2) is 29.6. The lowest BCUT2D eigenvalue weighted by atomic mass is 9.96. The van der Waals surface area contributed by atoms with Gasteiger partial charge in [-0.3, -0.25) is 43.7 Å². The number of hydrogen-bond acceptors (Lipinski definition) is 13. The summed E-state index contributed by atoms with van der Waals surface area (Å²) in [5.41, 5.74) is 40.3. The number of guanidine groups is 3. The van der Waals surface area contributed by atoms with Gasteiger partial charge < -0.3 is 76.7 Å². The molecule has 0 saturated heterocycles. The summed E-state index contributed by atoms with van der Waals surface area (Å²) in [7, 11) is 3.84. The SMILES string of the molecule is CC[C@H](C)[C@H](NC(=O)[C@H](CCCN=C(N)N)NC(=O)[C@H](CCCN=C(N)N)NC(=O)c1ccc(N=Nc2ccc(N(C)C)cc2)cc1)C(=O)N[C@@H](CC(N)=O)C(=O)N[C@@H](CCCN=C(N)N)C(=O)O. The standard InChI is InChI=1S/C43H68N18O8/c1-5-24(2)34(39(67)57-32(23-33(44)62)38(66)56-31(40(68)69)11-8-22-53-43(49)50)58-37(65)30(10-7-21-52-42(47)48)55-36(64)29(9-6-20-51-41(45)46)54-35(63)25-12-14-26(15-13-25)59-60-27-16-18-28(19-17-27)61(3)4/h12-19,24,29-32,34H,5-11,20-23H2,1-4H3,(H2,44,62)(H,54,63)(H,55,64)(H,56,66)(H,57,67)(H,58,65)(H,68,69)(H4,45,46,51)(H4,47,48,52)(H4,49,50,53)/t24-,29-,30-,31-,32-,34-/m0/s1. The zero-order chi connectivity index (χ0) is 51.6. The van der Waals surface area contributed by atoms with Gasteiger partial charge in [0.25, 0.3) is 5.91 Å². The molecule has 6 atom stereocenters. The molecule has 0 radical (unpaired) electrons. The number of carbonyl (C=O) groups is 7. The van der Waals surface area contributed by atoms with Crippen LogP contribution in [0.2, 0.25) is 0 Å². The molecule has 378 valence electrons. The molecule has 0 aliphatic heterocycles. The van der Waals surface area contributed by atoms with Crippen molar-refractivity contribution in [2.24, 2.45) is 71.3 Å². The van der Waals surface area contributed by atoms with Crippen LogP contribution in [0.1, 0.15) is 75.6 Å². The first-order valence-corrected chi connectivity index (χ1v) is 22.1. The van der Waals surface area contributed by atoms with E-state index in [1.807, 2.05) is 43.3 Å². The molecule has 2 aromatic rings. The number of anilines is 1. The van der Waals surface area contributed by atoms with Gasteiger partial charge in [-0.2, -0.15) is 10.2 Å². The Hall–Kier alpha value is -8.06. The Morgan fingerprint density at radius 1 is 0.565 bits per heavy atom. The normalized spacial score (nSPS) is 13.4. The molecule has 0 aliphatic rings. The number of amides is 6. The Morgan fingerprint density at radius 3 is 1.41 bits per heavy atom. The summed E-state index contributed by atoms with van der Waals surface area (Å²) in [4.78, 5) is 107. The topological polar surface area (TPSA) is 447 Å². The average molecular weight is 965 g/mol. The van der Waals surface area contributed by atoms with Crippen LogP contribution in [0.15, 0.2) is 73.7 Å². The molecule has 26 nitrogen and oxygen atoms in total. The Bertz CT molecular complexity index is 2150. The minimum atomic E-state index is -1.65. The van der Waals surface area contributed by atoms with Crippen LogP contribution >= 0.6 is 0 Å². The third kappa shape index (κ3) is 21.9. The van der Waals surface area contributed by atoms with Crippen LogP contribution in [0.3, 0.4) is 0 Å². The van der Waals surface area contributed by atoms with E-state index in [2.05, 4.69) is 51.8 Å². The van der Waals surface area contributed by atoms with Gasteiger partial charge in [0, 0.05) is 45.0 Å². The molecular weight excluding hydrogens is 897 g/mol. The van der Waals surface area contributed by atoms with Crippen molar-refractivity contribution in [2.45, 2.75) is 95.4 Å². The lowest BCUT2D eigenvalue weighted by Crippen LogP contribution is -2.60. The fourth-order valence-corrected chi connectivity index (χ4v) is 6.33. The predicted octanol–water partition coefficient (Wildman–Crippen LogP) is -1.63. The summed E-state index contributed by atoms with van der Waals surface area (Å²) in [6.45, 7) is 3.61. The molecule has 69 heavy (non-hydrogen) atoms. The molecule has 0 heterocycles. The van der Waals surface area contributed by atoms with Crippen LogP contribution in [0.25, 0.3) is 0 Å². The number of rotatable bonds is 30. The zero-order valence-electron chi connectivity index (χ0n) is 39.4. The molecule has 6 amide bonds. The van der Waals surface area contributed by atoms with Crippen molar-refractivity contribution in [3.05, 3.63) is 54.1 Å². The van der Waals surface area contributed by atoms with Crippen LogP contribution in [-0.2, 0) is 28.8 Å². The van der Waals surface area contributed by atoms with Gasteiger partial charge in [-0.25, -0.2) is 4.79 Å². The number of benzene rings is 2. The first-order chi connectivity index (χ1) is 32.6. The molecule has 26 heteroatoms. The molecule has 0 unspecified atom stereocenters. The van der Waals surface area contributed by atoms with E-state index in [4.69, 9.17) is 40.1 Å². The summed E-state index contributed by atoms with van der Waals surface area (Å²) < 4.78 is 0. The first kappa shape index (κ1) is 57.1. The van der Waals surface area contributed by atoms with Gasteiger partial charge in [0.2, 0.25) is 29.5 Å². The van der Waals surface area contributed by atoms with Gasteiger partial charge >= 0.3 is 5.97 Å². The number of nitrogens with zero attached hydrogens (tertiary/aromatic N) is 6. The highest BCUT2D eigenvalue weighted by Gasteiger charge is 2.35. The van der Waals surface area contributed by atoms with E-state index in [1.165, 1.54) is 12.1 Å². The van der Waals surface area contributed by atoms with E-state index in [0.29, 0.717) is 17.8 Å². The lowest BCUT2D eigenvalue weighted by molar-refractivity contribution is -0.142. The lowest BCUT2D eigenvalue weighted by Gasteiger charge is -2.29. The highest BCUT2D eigenvalue weighted by Crippen LogP contribution is 2.22. The van der Waals surface area contributed by atoms with Crippen molar-refractivity contribution in [3.8, 4) is 0 Å². The van der Waals surface area contributed by atoms with Crippen molar-refractivity contribution in [2.75, 3.05) is 38.6 Å². The maximum atomic E-state index is 14.2. The van der Waals surface area contributed by atoms with Gasteiger partial charge in [-0.1, -0.05) is 20.3 Å². The minimum Gasteiger partial charge on any atom is -0.480 e. The molecule has 2 aromatic carbocycles. The number of nitrogens with two attached hydrogens (primary N) is 7. The summed E-state index contributed by atoms with van der Waals surface area (Å²) in [6, 6.07) is 6.56. The van der Waals surface area contributed by atoms with Gasteiger partial charge in [0.15, 0.2) is 17.9 Å². The largest absolute Gasteiger partial charge is 0.480 e. The van der Waals surface area contributed by atoms with Gasteiger partial charge in [-0.15, -0.1) is 0 Å². The molecule has 0 spiro atoms. The van der Waals surface area contributed by atoms with E-state index in [1.54, 1.807) is 26.0 Å². The predicted molar refractivity (Wildman–Crippen MR) is 261 cm³/mol. The highest BCUT2D eigenvalue weighted by molar-refractivity contribution is 5.99. The molecular formula is C43H68N18O8. The molecule has 2 rings (SSSR count). The van der Waals surface area contributed by atoms with Crippen LogP contribution in [0, 0.1) is 5.92 Å². The summed E-state index contributed by atoms with van der Waals surface area (Å²) in [5, 5.41) is 31.0. The number of carboxylic acids is 1. The van der Waals surface area contributed by atoms with Crippen molar-refractivity contribution in [1.29, 1.82) is 0 Å². The van der Waals surface area contributed by atoms with E-state index < -0.39 is 84.0 Å². The highest BCUT2D eigenvalue weighted by atomic mass is 16.4. The first-order valence-electron chi connectivity index (χ1n) is 22.1. The molecule has 0 aromatic heterocycles. The maximum Gasteiger partial charge on any atom is 0.326 e. The molecule has 20 N–H and O–H groups in total. The minimum absolute atomic E-state index is 0.0236. The maximum absolute atomic E-state index is 14.2. The van der Waals surface area contributed by atoms with Crippen LogP contribution in [-0.4, -0.2) is 128 Å². The second-order valence-electron chi connectivity index (χ2n) is 16.1. The number of carbonyl (C=O) groups excluding carboxylic acids is 6. The molecule has 0 bridgehead atoms.